The van der Waals surface area contributed by atoms with Gasteiger partial charge in [-0.1, -0.05) is 97.1 Å². The standard InChI is InChI=1S/C26H25NOS/c28-26(23-15-8-3-9-16-23)25(24-17-10-18-29-24)27(19-21-11-4-1-5-12-21)20-22-13-6-2-7-14-22/h1-18,25-26,28H,19-20H2/t25-,26+/m1/s1. The molecule has 2 nitrogen and oxygen atoms in total. The molecule has 0 aliphatic heterocycles. The Bertz CT molecular complexity index is 930. The highest BCUT2D eigenvalue weighted by molar-refractivity contribution is 7.10. The van der Waals surface area contributed by atoms with Gasteiger partial charge in [0.15, 0.2) is 0 Å². The van der Waals surface area contributed by atoms with E-state index < -0.39 is 6.10 Å². The SMILES string of the molecule is O[C@@H](c1ccccc1)[C@@H](c1cccs1)N(Cc1ccccc1)Cc1ccccc1. The van der Waals surface area contributed by atoms with Crippen LogP contribution in [0.5, 0.6) is 0 Å². The second kappa shape index (κ2) is 9.66. The fraction of sp³-hybridized carbons (Fsp3) is 0.154. The Kier molecular flexibility index (Phi) is 6.52. The summed E-state index contributed by atoms with van der Waals surface area (Å²) in [5.74, 6) is 0. The van der Waals surface area contributed by atoms with Crippen molar-refractivity contribution in [3.05, 3.63) is 130 Å². The topological polar surface area (TPSA) is 23.5 Å². The Balaban J connectivity index is 1.72. The van der Waals surface area contributed by atoms with Crippen molar-refractivity contribution in [1.29, 1.82) is 0 Å². The van der Waals surface area contributed by atoms with Crippen LogP contribution in [-0.2, 0) is 13.1 Å². The number of benzene rings is 3. The minimum absolute atomic E-state index is 0.127. The van der Waals surface area contributed by atoms with Gasteiger partial charge in [-0.25, -0.2) is 0 Å². The van der Waals surface area contributed by atoms with E-state index in [2.05, 4.69) is 70.9 Å². The van der Waals surface area contributed by atoms with E-state index in [0.717, 1.165) is 18.7 Å². The van der Waals surface area contributed by atoms with Crippen LogP contribution in [0.25, 0.3) is 0 Å². The van der Waals surface area contributed by atoms with Crippen molar-refractivity contribution < 1.29 is 5.11 Å². The molecule has 0 amide bonds. The van der Waals surface area contributed by atoms with E-state index in [0.29, 0.717) is 0 Å². The molecule has 0 saturated carbocycles. The summed E-state index contributed by atoms with van der Waals surface area (Å²) >= 11 is 1.70. The maximum Gasteiger partial charge on any atom is 0.0995 e. The Labute approximate surface area is 176 Å². The van der Waals surface area contributed by atoms with Crippen LogP contribution in [0, 0.1) is 0 Å². The van der Waals surface area contributed by atoms with Crippen molar-refractivity contribution in [2.75, 3.05) is 0 Å². The molecule has 0 saturated heterocycles. The van der Waals surface area contributed by atoms with Gasteiger partial charge >= 0.3 is 0 Å². The monoisotopic (exact) mass is 399 g/mol. The Hall–Kier alpha value is -2.72. The molecule has 0 spiro atoms. The van der Waals surface area contributed by atoms with E-state index in [1.807, 2.05) is 42.5 Å². The molecule has 1 aromatic heterocycles. The lowest BCUT2D eigenvalue weighted by atomic mass is 9.98. The first-order valence-corrected chi connectivity index (χ1v) is 10.8. The molecule has 4 aromatic rings. The van der Waals surface area contributed by atoms with Gasteiger partial charge in [0, 0.05) is 18.0 Å². The van der Waals surface area contributed by atoms with Gasteiger partial charge in [-0.3, -0.25) is 4.90 Å². The molecule has 1 heterocycles. The van der Waals surface area contributed by atoms with Crippen LogP contribution in [-0.4, -0.2) is 10.0 Å². The summed E-state index contributed by atoms with van der Waals surface area (Å²) in [4.78, 5) is 3.56. The molecule has 3 aromatic carbocycles. The maximum absolute atomic E-state index is 11.4. The van der Waals surface area contributed by atoms with Crippen LogP contribution < -0.4 is 0 Å². The predicted molar refractivity (Wildman–Crippen MR) is 121 cm³/mol. The summed E-state index contributed by atoms with van der Waals surface area (Å²) in [7, 11) is 0. The highest BCUT2D eigenvalue weighted by atomic mass is 32.1. The first-order valence-electron chi connectivity index (χ1n) is 9.89. The first kappa shape index (κ1) is 19.6. The molecule has 0 bridgehead atoms. The van der Waals surface area contributed by atoms with Gasteiger partial charge in [0.25, 0.3) is 0 Å². The molecule has 0 aliphatic rings. The van der Waals surface area contributed by atoms with Crippen LogP contribution in [0.2, 0.25) is 0 Å². The van der Waals surface area contributed by atoms with Crippen molar-refractivity contribution in [2.24, 2.45) is 0 Å². The third-order valence-corrected chi connectivity index (χ3v) is 6.07. The molecule has 29 heavy (non-hydrogen) atoms. The summed E-state index contributed by atoms with van der Waals surface area (Å²) in [6.07, 6.45) is -0.609. The summed E-state index contributed by atoms with van der Waals surface area (Å²) < 4.78 is 0. The molecule has 0 unspecified atom stereocenters. The van der Waals surface area contributed by atoms with Gasteiger partial charge in [-0.05, 0) is 28.1 Å². The van der Waals surface area contributed by atoms with E-state index in [-0.39, 0.29) is 6.04 Å². The largest absolute Gasteiger partial charge is 0.386 e. The van der Waals surface area contributed by atoms with E-state index >= 15 is 0 Å². The quantitative estimate of drug-likeness (QED) is 0.380. The van der Waals surface area contributed by atoms with Gasteiger partial charge in [-0.15, -0.1) is 11.3 Å². The van der Waals surface area contributed by atoms with Crippen LogP contribution in [0.15, 0.2) is 109 Å². The molecule has 2 atom stereocenters. The molecular formula is C26H25NOS. The zero-order valence-electron chi connectivity index (χ0n) is 16.3. The molecule has 146 valence electrons. The second-order valence-electron chi connectivity index (χ2n) is 7.19. The van der Waals surface area contributed by atoms with Gasteiger partial charge in [0.1, 0.15) is 0 Å². The number of thiophene rings is 1. The van der Waals surface area contributed by atoms with Crippen LogP contribution in [0.3, 0.4) is 0 Å². The van der Waals surface area contributed by atoms with Crippen LogP contribution in [0.4, 0.5) is 0 Å². The minimum Gasteiger partial charge on any atom is -0.386 e. The van der Waals surface area contributed by atoms with Crippen molar-refractivity contribution in [3.63, 3.8) is 0 Å². The van der Waals surface area contributed by atoms with Crippen molar-refractivity contribution >= 4 is 11.3 Å². The van der Waals surface area contributed by atoms with Gasteiger partial charge in [-0.2, -0.15) is 0 Å². The lowest BCUT2D eigenvalue weighted by Crippen LogP contribution is -2.32. The lowest BCUT2D eigenvalue weighted by molar-refractivity contribution is 0.0391. The zero-order valence-corrected chi connectivity index (χ0v) is 17.1. The number of hydrogen-bond acceptors (Lipinski definition) is 3. The molecule has 0 radical (unpaired) electrons. The van der Waals surface area contributed by atoms with Crippen LogP contribution in [0.1, 0.15) is 33.7 Å². The minimum atomic E-state index is -0.609. The van der Waals surface area contributed by atoms with Crippen molar-refractivity contribution in [2.45, 2.75) is 25.2 Å². The lowest BCUT2D eigenvalue weighted by Gasteiger charge is -2.35. The highest BCUT2D eigenvalue weighted by Crippen LogP contribution is 2.38. The molecule has 0 fully saturated rings. The average Bonchev–Trinajstić information content (AvgIpc) is 3.30. The molecule has 3 heteroatoms. The molecule has 0 aliphatic carbocycles. The molecular weight excluding hydrogens is 374 g/mol. The smallest absolute Gasteiger partial charge is 0.0995 e. The number of nitrogens with zero attached hydrogens (tertiary/aromatic N) is 1. The van der Waals surface area contributed by atoms with Crippen molar-refractivity contribution in [3.8, 4) is 0 Å². The molecule has 4 rings (SSSR count). The second-order valence-corrected chi connectivity index (χ2v) is 8.17. The van der Waals surface area contributed by atoms with E-state index in [4.69, 9.17) is 0 Å². The third-order valence-electron chi connectivity index (χ3n) is 5.13. The number of hydrogen-bond donors (Lipinski definition) is 1. The number of rotatable bonds is 8. The average molecular weight is 400 g/mol. The van der Waals surface area contributed by atoms with Crippen LogP contribution >= 0.6 is 11.3 Å². The van der Waals surface area contributed by atoms with E-state index in [1.54, 1.807) is 11.3 Å². The normalized spacial score (nSPS) is 13.3. The Morgan fingerprint density at radius 3 is 1.66 bits per heavy atom. The predicted octanol–water partition coefficient (Wildman–Crippen LogP) is 6.23. The Morgan fingerprint density at radius 2 is 1.17 bits per heavy atom. The number of aliphatic hydroxyl groups is 1. The Morgan fingerprint density at radius 1 is 0.655 bits per heavy atom. The highest BCUT2D eigenvalue weighted by Gasteiger charge is 2.30. The summed E-state index contributed by atoms with van der Waals surface area (Å²) in [6.45, 7) is 1.53. The van der Waals surface area contributed by atoms with Gasteiger partial charge in [0.2, 0.25) is 0 Å². The van der Waals surface area contributed by atoms with Gasteiger partial charge < -0.3 is 5.11 Å². The fourth-order valence-corrected chi connectivity index (χ4v) is 4.60. The first-order chi connectivity index (χ1) is 14.3. The third kappa shape index (κ3) is 5.01. The van der Waals surface area contributed by atoms with E-state index in [9.17, 15) is 5.11 Å². The number of aliphatic hydroxyl groups excluding tert-OH is 1. The fourth-order valence-electron chi connectivity index (χ4n) is 3.72. The summed E-state index contributed by atoms with van der Waals surface area (Å²) in [5.41, 5.74) is 3.42. The molecule has 1 N–H and O–H groups in total. The summed E-state index contributed by atoms with van der Waals surface area (Å²) in [6, 6.07) is 35.0. The van der Waals surface area contributed by atoms with Gasteiger partial charge in [0.05, 0.1) is 12.1 Å². The zero-order chi connectivity index (χ0) is 19.9. The van der Waals surface area contributed by atoms with Crippen molar-refractivity contribution in [1.82, 2.24) is 4.90 Å². The maximum atomic E-state index is 11.4. The van der Waals surface area contributed by atoms with E-state index in [1.165, 1.54) is 16.0 Å². The summed E-state index contributed by atoms with van der Waals surface area (Å²) in [5, 5.41) is 13.5.